The van der Waals surface area contributed by atoms with Crippen LogP contribution < -0.4 is 5.32 Å². The molecule has 0 aromatic carbocycles. The highest BCUT2D eigenvalue weighted by molar-refractivity contribution is 6.30. The zero-order chi connectivity index (χ0) is 12.4. The molecular formula is C14H18ClN3. The summed E-state index contributed by atoms with van der Waals surface area (Å²) in [5, 5.41) is 4.25. The molecule has 0 spiro atoms. The Morgan fingerprint density at radius 1 is 1.28 bits per heavy atom. The van der Waals surface area contributed by atoms with Crippen LogP contribution in [0.15, 0.2) is 24.5 Å². The normalized spacial score (nSPS) is 16.7. The maximum atomic E-state index is 5.95. The fourth-order valence-electron chi connectivity index (χ4n) is 2.72. The number of nitrogens with one attached hydrogen (secondary N) is 1. The van der Waals surface area contributed by atoms with Gasteiger partial charge in [-0.3, -0.25) is 0 Å². The van der Waals surface area contributed by atoms with Crippen molar-refractivity contribution in [3.8, 4) is 0 Å². The first-order valence-corrected chi connectivity index (χ1v) is 7.03. The number of fused-ring (bicyclic) bond motifs is 1. The van der Waals surface area contributed by atoms with Crippen molar-refractivity contribution in [2.75, 3.05) is 6.54 Å². The molecule has 3 rings (SSSR count). The Hall–Kier alpha value is -1.06. The van der Waals surface area contributed by atoms with Gasteiger partial charge in [0.1, 0.15) is 5.65 Å². The third kappa shape index (κ3) is 2.68. The first-order chi connectivity index (χ1) is 8.81. The van der Waals surface area contributed by atoms with Gasteiger partial charge >= 0.3 is 0 Å². The topological polar surface area (TPSA) is 29.3 Å². The average Bonchev–Trinajstić information content (AvgIpc) is 2.97. The maximum Gasteiger partial charge on any atom is 0.137 e. The summed E-state index contributed by atoms with van der Waals surface area (Å²) in [6.45, 7) is 1.96. The summed E-state index contributed by atoms with van der Waals surface area (Å²) in [5.74, 6) is 0.872. The first-order valence-electron chi connectivity index (χ1n) is 6.65. The van der Waals surface area contributed by atoms with Crippen LogP contribution in [0.3, 0.4) is 0 Å². The van der Waals surface area contributed by atoms with Gasteiger partial charge in [-0.15, -0.1) is 0 Å². The Morgan fingerprint density at radius 2 is 2.11 bits per heavy atom. The number of aromatic nitrogens is 2. The molecule has 1 aliphatic carbocycles. The SMILES string of the molecule is Clc1ccc2nc(CNCC3CCCC3)cn2c1. The third-order valence-corrected chi connectivity index (χ3v) is 3.90. The second-order valence-corrected chi connectivity index (χ2v) is 5.56. The van der Waals surface area contributed by atoms with E-state index >= 15 is 0 Å². The number of hydrogen-bond donors (Lipinski definition) is 1. The Balaban J connectivity index is 1.60. The van der Waals surface area contributed by atoms with E-state index < -0.39 is 0 Å². The standard InChI is InChI=1S/C14H18ClN3/c15-12-5-6-14-17-13(10-18(14)9-12)8-16-7-11-3-1-2-4-11/h5-6,9-11,16H,1-4,7-8H2. The van der Waals surface area contributed by atoms with E-state index in [2.05, 4.69) is 10.3 Å². The molecule has 1 N–H and O–H groups in total. The molecular weight excluding hydrogens is 246 g/mol. The monoisotopic (exact) mass is 263 g/mol. The molecule has 0 saturated heterocycles. The molecule has 96 valence electrons. The fourth-order valence-corrected chi connectivity index (χ4v) is 2.89. The van der Waals surface area contributed by atoms with E-state index in [0.717, 1.165) is 35.4 Å². The summed E-state index contributed by atoms with van der Waals surface area (Å²) in [4.78, 5) is 4.56. The van der Waals surface area contributed by atoms with Crippen LogP contribution in [0.2, 0.25) is 5.02 Å². The van der Waals surface area contributed by atoms with Crippen LogP contribution in [0.25, 0.3) is 5.65 Å². The number of hydrogen-bond acceptors (Lipinski definition) is 2. The van der Waals surface area contributed by atoms with Gasteiger partial charge in [0.2, 0.25) is 0 Å². The van der Waals surface area contributed by atoms with Crippen LogP contribution >= 0.6 is 11.6 Å². The maximum absolute atomic E-state index is 5.95. The molecule has 0 radical (unpaired) electrons. The highest BCUT2D eigenvalue weighted by Crippen LogP contribution is 2.23. The first kappa shape index (κ1) is 12.0. The minimum absolute atomic E-state index is 0.741. The molecule has 2 aromatic heterocycles. The summed E-state index contributed by atoms with van der Waals surface area (Å²) in [5.41, 5.74) is 2.03. The smallest absolute Gasteiger partial charge is 0.137 e. The van der Waals surface area contributed by atoms with Crippen molar-refractivity contribution in [3.05, 3.63) is 35.2 Å². The quantitative estimate of drug-likeness (QED) is 0.917. The zero-order valence-electron chi connectivity index (χ0n) is 10.4. The Kier molecular flexibility index (Phi) is 3.52. The Bertz CT molecular complexity index is 529. The van der Waals surface area contributed by atoms with Gasteiger partial charge in [-0.2, -0.15) is 0 Å². The van der Waals surface area contributed by atoms with Crippen LogP contribution in [0.4, 0.5) is 0 Å². The van der Waals surface area contributed by atoms with Gasteiger partial charge in [0.15, 0.2) is 0 Å². The predicted molar refractivity (Wildman–Crippen MR) is 73.9 cm³/mol. The van der Waals surface area contributed by atoms with Gasteiger partial charge in [0.25, 0.3) is 0 Å². The van der Waals surface area contributed by atoms with E-state index in [9.17, 15) is 0 Å². The van der Waals surface area contributed by atoms with E-state index in [1.165, 1.54) is 25.7 Å². The minimum Gasteiger partial charge on any atom is -0.311 e. The van der Waals surface area contributed by atoms with E-state index in [0.29, 0.717) is 0 Å². The van der Waals surface area contributed by atoms with E-state index in [4.69, 9.17) is 11.6 Å². The average molecular weight is 264 g/mol. The molecule has 18 heavy (non-hydrogen) atoms. The van der Waals surface area contributed by atoms with Crippen molar-refractivity contribution in [2.24, 2.45) is 5.92 Å². The lowest BCUT2D eigenvalue weighted by molar-refractivity contribution is 0.487. The summed E-state index contributed by atoms with van der Waals surface area (Å²) in [7, 11) is 0. The second kappa shape index (κ2) is 5.29. The lowest BCUT2D eigenvalue weighted by Crippen LogP contribution is -2.20. The van der Waals surface area contributed by atoms with Crippen LogP contribution in [-0.4, -0.2) is 15.9 Å². The van der Waals surface area contributed by atoms with Crippen molar-refractivity contribution >= 4 is 17.2 Å². The minimum atomic E-state index is 0.741. The van der Waals surface area contributed by atoms with Gasteiger partial charge in [-0.1, -0.05) is 24.4 Å². The van der Waals surface area contributed by atoms with Gasteiger partial charge in [0, 0.05) is 18.9 Å². The highest BCUT2D eigenvalue weighted by atomic mass is 35.5. The summed E-state index contributed by atoms with van der Waals surface area (Å²) in [6, 6.07) is 3.82. The van der Waals surface area contributed by atoms with Gasteiger partial charge in [-0.25, -0.2) is 4.98 Å². The van der Waals surface area contributed by atoms with Crippen molar-refractivity contribution in [3.63, 3.8) is 0 Å². The van der Waals surface area contributed by atoms with Gasteiger partial charge in [0.05, 0.1) is 10.7 Å². The van der Waals surface area contributed by atoms with Gasteiger partial charge < -0.3 is 9.72 Å². The van der Waals surface area contributed by atoms with Crippen molar-refractivity contribution in [1.82, 2.24) is 14.7 Å². The molecule has 1 aliphatic rings. The second-order valence-electron chi connectivity index (χ2n) is 5.13. The highest BCUT2D eigenvalue weighted by Gasteiger charge is 2.14. The molecule has 3 nitrogen and oxygen atoms in total. The van der Waals surface area contributed by atoms with Crippen LogP contribution in [-0.2, 0) is 6.54 Å². The number of pyridine rings is 1. The third-order valence-electron chi connectivity index (χ3n) is 3.68. The van der Waals surface area contributed by atoms with Crippen molar-refractivity contribution in [1.29, 1.82) is 0 Å². The van der Waals surface area contributed by atoms with E-state index in [1.54, 1.807) is 0 Å². The molecule has 0 amide bonds. The largest absolute Gasteiger partial charge is 0.311 e. The van der Waals surface area contributed by atoms with Gasteiger partial charge in [-0.05, 0) is 37.4 Å². The summed E-state index contributed by atoms with van der Waals surface area (Å²) < 4.78 is 1.98. The number of rotatable bonds is 4. The van der Waals surface area contributed by atoms with Crippen LogP contribution in [0.5, 0.6) is 0 Å². The van der Waals surface area contributed by atoms with Crippen LogP contribution in [0, 0.1) is 5.92 Å². The molecule has 2 aromatic rings. The molecule has 0 bridgehead atoms. The molecule has 0 unspecified atom stereocenters. The molecule has 0 atom stereocenters. The Morgan fingerprint density at radius 3 is 2.94 bits per heavy atom. The molecule has 1 saturated carbocycles. The van der Waals surface area contributed by atoms with Crippen molar-refractivity contribution in [2.45, 2.75) is 32.2 Å². The number of imidazole rings is 1. The lowest BCUT2D eigenvalue weighted by Gasteiger charge is -2.08. The zero-order valence-corrected chi connectivity index (χ0v) is 11.2. The van der Waals surface area contributed by atoms with E-state index in [-0.39, 0.29) is 0 Å². The van der Waals surface area contributed by atoms with E-state index in [1.807, 2.05) is 28.9 Å². The van der Waals surface area contributed by atoms with Crippen molar-refractivity contribution < 1.29 is 0 Å². The van der Waals surface area contributed by atoms with Crippen LogP contribution in [0.1, 0.15) is 31.4 Å². The predicted octanol–water partition coefficient (Wildman–Crippen LogP) is 3.27. The Labute approximate surface area is 112 Å². The fraction of sp³-hybridized carbons (Fsp3) is 0.500. The number of halogens is 1. The molecule has 2 heterocycles. The molecule has 1 fully saturated rings. The lowest BCUT2D eigenvalue weighted by atomic mass is 10.1. The number of nitrogens with zero attached hydrogens (tertiary/aromatic N) is 2. The molecule has 0 aliphatic heterocycles. The summed E-state index contributed by atoms with van der Waals surface area (Å²) >= 11 is 5.95. The summed E-state index contributed by atoms with van der Waals surface area (Å²) in [6.07, 6.45) is 9.51. The molecule has 4 heteroatoms.